The smallest absolute Gasteiger partial charge is 0.383 e. The lowest BCUT2D eigenvalue weighted by Gasteiger charge is -2.25. The number of hydrogen-bond donors (Lipinski definition) is 9. The molecule has 26 heteroatoms. The van der Waals surface area contributed by atoms with Crippen molar-refractivity contribution in [3.63, 3.8) is 0 Å². The summed E-state index contributed by atoms with van der Waals surface area (Å²) < 4.78 is 69.4. The van der Waals surface area contributed by atoms with E-state index in [4.69, 9.17) is 30.0 Å². The zero-order valence-corrected chi connectivity index (χ0v) is 20.6. The summed E-state index contributed by atoms with van der Waals surface area (Å²) in [5.41, 5.74) is 4.61. The average molecular weight is 603 g/mol. The number of phosphoric ester groups is 4. The molecule has 3 heterocycles. The Balaban J connectivity index is 2.13. The number of ether oxygens (including phenoxy) is 1. The molecule has 0 spiro atoms. The van der Waals surface area contributed by atoms with Crippen molar-refractivity contribution in [2.75, 3.05) is 12.3 Å². The van der Waals surface area contributed by atoms with E-state index in [1.807, 2.05) is 0 Å². The zero-order valence-electron chi connectivity index (χ0n) is 17.0. The number of nitrogens with two attached hydrogens (primary N) is 1. The van der Waals surface area contributed by atoms with Crippen molar-refractivity contribution in [2.24, 2.45) is 0 Å². The molecule has 10 N–H and O–H groups in total. The fourth-order valence-corrected chi connectivity index (χ4v) is 4.87. The molecular weight excluding hydrogens is 586 g/mol. The summed E-state index contributed by atoms with van der Waals surface area (Å²) in [7, 11) is -21.3. The van der Waals surface area contributed by atoms with Crippen LogP contribution in [0.4, 0.5) is 5.95 Å². The zero-order chi connectivity index (χ0) is 27.3. The van der Waals surface area contributed by atoms with E-state index in [1.54, 1.807) is 0 Å². The molecule has 2 aromatic heterocycles. The summed E-state index contributed by atoms with van der Waals surface area (Å²) >= 11 is 0. The predicted octanol–water partition coefficient (Wildman–Crippen LogP) is -2.16. The molecule has 36 heavy (non-hydrogen) atoms. The van der Waals surface area contributed by atoms with E-state index < -0.39 is 85.4 Å². The Bertz CT molecular complexity index is 1310. The predicted molar refractivity (Wildman–Crippen MR) is 108 cm³/mol. The number of aromatic nitrogens is 4. The topological polar surface area (TPSA) is 346 Å². The first-order valence-electron chi connectivity index (χ1n) is 8.81. The monoisotopic (exact) mass is 603 g/mol. The molecule has 2 aromatic rings. The van der Waals surface area contributed by atoms with Crippen molar-refractivity contribution in [1.82, 2.24) is 19.5 Å². The van der Waals surface area contributed by atoms with E-state index >= 15 is 0 Å². The molecule has 0 aliphatic carbocycles. The maximum absolute atomic E-state index is 11.6. The van der Waals surface area contributed by atoms with Crippen molar-refractivity contribution >= 4 is 48.4 Å². The summed E-state index contributed by atoms with van der Waals surface area (Å²) in [5, 5.41) is 0. The van der Waals surface area contributed by atoms with E-state index in [0.29, 0.717) is 0 Å². The van der Waals surface area contributed by atoms with Crippen LogP contribution in [0.25, 0.3) is 11.2 Å². The normalized spacial score (nSPS) is 23.9. The van der Waals surface area contributed by atoms with Crippen molar-refractivity contribution in [3.05, 3.63) is 6.33 Å². The number of hydrogen-bond acceptors (Lipinski definition) is 13. The van der Waals surface area contributed by atoms with Gasteiger partial charge in [-0.15, -0.1) is 0 Å². The fraction of sp³-hybridized carbons (Fsp3) is 0.500. The third-order valence-electron chi connectivity index (χ3n) is 4.10. The number of imidazole rings is 1. The van der Waals surface area contributed by atoms with Gasteiger partial charge in [-0.2, -0.15) is 9.97 Å². The molecule has 1 aliphatic rings. The highest BCUT2D eigenvalue weighted by Gasteiger charge is 2.53. The molecule has 0 saturated carbocycles. The summed E-state index contributed by atoms with van der Waals surface area (Å²) in [5.74, 6) is -1.46. The Kier molecular flexibility index (Phi) is 8.14. The summed E-state index contributed by atoms with van der Waals surface area (Å²) in [6, 6.07) is 0. The largest absolute Gasteiger partial charge is 0.526 e. The molecule has 0 amide bonds. The van der Waals surface area contributed by atoms with Gasteiger partial charge in [0.15, 0.2) is 17.4 Å². The van der Waals surface area contributed by atoms with Crippen LogP contribution in [-0.4, -0.2) is 83.6 Å². The van der Waals surface area contributed by atoms with Crippen LogP contribution in [0.3, 0.4) is 0 Å². The van der Waals surface area contributed by atoms with Gasteiger partial charge in [-0.05, 0) is 0 Å². The number of fused-ring (bicyclic) bond motifs is 1. The van der Waals surface area contributed by atoms with Gasteiger partial charge in [0.05, 0.1) is 12.9 Å². The number of anilines is 1. The quantitative estimate of drug-likeness (QED) is 0.131. The fourth-order valence-electron chi connectivity index (χ4n) is 3.06. The van der Waals surface area contributed by atoms with Gasteiger partial charge in [0.1, 0.15) is 18.3 Å². The highest BCUT2D eigenvalue weighted by molar-refractivity contribution is 7.47. The van der Waals surface area contributed by atoms with E-state index in [2.05, 4.69) is 33.0 Å². The number of nitrogen functional groups attached to an aromatic ring is 1. The summed E-state index contributed by atoms with van der Waals surface area (Å²) in [6.45, 7) is -1.12. The molecule has 3 rings (SSSR count). The minimum absolute atomic E-state index is 0.443. The molecule has 0 bridgehead atoms. The second kappa shape index (κ2) is 10.0. The van der Waals surface area contributed by atoms with Crippen LogP contribution in [0.2, 0.25) is 0 Å². The number of nitrogens with zero attached hydrogens (tertiary/aromatic N) is 4. The second-order valence-electron chi connectivity index (χ2n) is 6.77. The Morgan fingerprint density at radius 1 is 0.889 bits per heavy atom. The van der Waals surface area contributed by atoms with Crippen LogP contribution < -0.4 is 10.3 Å². The summed E-state index contributed by atoms with van der Waals surface area (Å²) in [6.07, 6.45) is -7.16. The Morgan fingerprint density at radius 3 is 2.00 bits per heavy atom. The van der Waals surface area contributed by atoms with Crippen LogP contribution in [0.5, 0.6) is 5.88 Å². The first-order valence-corrected chi connectivity index (χ1v) is 14.9. The molecule has 204 valence electrons. The lowest BCUT2D eigenvalue weighted by atomic mass is 10.1. The molecule has 1 aliphatic heterocycles. The lowest BCUT2D eigenvalue weighted by molar-refractivity contribution is -0.0496. The molecule has 4 atom stereocenters. The minimum Gasteiger partial charge on any atom is -0.383 e. The van der Waals surface area contributed by atoms with Crippen molar-refractivity contribution < 1.29 is 80.2 Å². The van der Waals surface area contributed by atoms with Crippen molar-refractivity contribution in [2.45, 2.75) is 24.5 Å². The lowest BCUT2D eigenvalue weighted by Crippen LogP contribution is -2.37. The van der Waals surface area contributed by atoms with Crippen molar-refractivity contribution in [3.8, 4) is 5.88 Å². The van der Waals surface area contributed by atoms with Gasteiger partial charge in [0.25, 0.3) is 5.88 Å². The van der Waals surface area contributed by atoms with Crippen LogP contribution >= 0.6 is 31.3 Å². The average Bonchev–Trinajstić information content (AvgIpc) is 3.18. The van der Waals surface area contributed by atoms with Gasteiger partial charge < -0.3 is 44.4 Å². The van der Waals surface area contributed by atoms with Gasteiger partial charge in [-0.25, -0.2) is 23.2 Å². The SMILES string of the molecule is Nc1nc(OP(=O)(O)O)c2ncn([C@@H]3O[C@H](COP(=O)(O)O)[C@@H](OP(=O)(O)O)[C@H]3OP(=O)(O)O)c2n1. The highest BCUT2D eigenvalue weighted by Crippen LogP contribution is 2.51. The van der Waals surface area contributed by atoms with Crippen molar-refractivity contribution in [1.29, 1.82) is 0 Å². The van der Waals surface area contributed by atoms with Crippen LogP contribution in [-0.2, 0) is 36.6 Å². The van der Waals surface area contributed by atoms with E-state index in [0.717, 1.165) is 10.9 Å². The third kappa shape index (κ3) is 7.80. The summed E-state index contributed by atoms with van der Waals surface area (Å²) in [4.78, 5) is 84.2. The standard InChI is InChI=1S/C10H17N5O17P4/c11-10-13-7-4(8(14-10)32-36(25,26)27)12-2-15(7)9-6(31-35(22,23)24)5(30-34(19,20)21)3(29-9)1-28-33(16,17)18/h2-3,5-6,9H,1H2,(H2,11,13,14)(H2,16,17,18)(H2,19,20,21)(H2,22,23,24)(H2,25,26,27)/t3-,5-,6-,9-/m1/s1. The molecule has 1 fully saturated rings. The number of phosphoric acid groups is 4. The van der Waals surface area contributed by atoms with Crippen LogP contribution in [0.1, 0.15) is 6.23 Å². The van der Waals surface area contributed by atoms with Gasteiger partial charge >= 0.3 is 31.3 Å². The van der Waals surface area contributed by atoms with Gasteiger partial charge in [0, 0.05) is 0 Å². The third-order valence-corrected chi connectivity index (χ3v) is 6.03. The minimum atomic E-state index is -5.47. The van der Waals surface area contributed by atoms with Crippen LogP contribution in [0, 0.1) is 0 Å². The van der Waals surface area contributed by atoms with E-state index in [-0.39, 0.29) is 0 Å². The van der Waals surface area contributed by atoms with Crippen LogP contribution in [0.15, 0.2) is 6.33 Å². The molecular formula is C10H17N5O17P4. The maximum Gasteiger partial charge on any atom is 0.526 e. The molecule has 1 saturated heterocycles. The first kappa shape index (κ1) is 29.2. The molecule has 0 aromatic carbocycles. The number of rotatable bonds is 10. The first-order chi connectivity index (χ1) is 16.2. The highest BCUT2D eigenvalue weighted by atomic mass is 31.2. The molecule has 0 radical (unpaired) electrons. The van der Waals surface area contributed by atoms with Gasteiger partial charge in [-0.1, -0.05) is 0 Å². The second-order valence-corrected chi connectivity index (χ2v) is 11.6. The molecule has 0 unspecified atom stereocenters. The van der Waals surface area contributed by atoms with Gasteiger partial charge in [-0.3, -0.25) is 27.9 Å². The molecule has 22 nitrogen and oxygen atoms in total. The van der Waals surface area contributed by atoms with E-state index in [1.165, 1.54) is 0 Å². The van der Waals surface area contributed by atoms with Gasteiger partial charge in [0.2, 0.25) is 5.95 Å². The maximum atomic E-state index is 11.6. The van der Waals surface area contributed by atoms with E-state index in [9.17, 15) is 37.8 Å². The Labute approximate surface area is 197 Å². The Morgan fingerprint density at radius 2 is 1.47 bits per heavy atom. The Hall–Kier alpha value is -1.41.